The lowest BCUT2D eigenvalue weighted by molar-refractivity contribution is -0.132. The monoisotopic (exact) mass is 473 g/mol. The zero-order chi connectivity index (χ0) is 23.5. The van der Waals surface area contributed by atoms with E-state index in [9.17, 15) is 9.18 Å². The summed E-state index contributed by atoms with van der Waals surface area (Å²) in [5.41, 5.74) is 4.82. The number of nitrogens with zero attached hydrogens (tertiary/aromatic N) is 2. The Bertz CT molecular complexity index is 1290. The zero-order valence-corrected chi connectivity index (χ0v) is 19.4. The molecule has 0 spiro atoms. The highest BCUT2D eigenvalue weighted by molar-refractivity contribution is 6.30. The van der Waals surface area contributed by atoms with Crippen LogP contribution in [0.1, 0.15) is 36.7 Å². The van der Waals surface area contributed by atoms with Crippen molar-refractivity contribution in [3.8, 4) is 22.4 Å². The van der Waals surface area contributed by atoms with Crippen LogP contribution in [-0.2, 0) is 11.2 Å². The number of aromatic nitrogens is 2. The van der Waals surface area contributed by atoms with Gasteiger partial charge in [-0.05, 0) is 53.6 Å². The van der Waals surface area contributed by atoms with Crippen molar-refractivity contribution < 1.29 is 9.18 Å². The lowest BCUT2D eigenvalue weighted by Gasteiger charge is -2.23. The molecule has 0 unspecified atom stereocenters. The van der Waals surface area contributed by atoms with Gasteiger partial charge in [0.1, 0.15) is 11.6 Å². The molecule has 34 heavy (non-hydrogen) atoms. The summed E-state index contributed by atoms with van der Waals surface area (Å²) in [4.78, 5) is 23.0. The van der Waals surface area contributed by atoms with E-state index in [0.29, 0.717) is 12.8 Å². The number of nitrogens with one attached hydrogen (secondary N) is 1. The Morgan fingerprint density at radius 3 is 2.56 bits per heavy atom. The Morgan fingerprint density at radius 2 is 1.79 bits per heavy atom. The molecule has 1 aromatic heterocycles. The van der Waals surface area contributed by atoms with Crippen LogP contribution in [0.5, 0.6) is 0 Å². The van der Waals surface area contributed by atoms with Gasteiger partial charge in [-0.2, -0.15) is 0 Å². The van der Waals surface area contributed by atoms with E-state index in [1.807, 2.05) is 65.7 Å². The Morgan fingerprint density at radius 1 is 1.03 bits per heavy atom. The van der Waals surface area contributed by atoms with Crippen molar-refractivity contribution >= 4 is 17.5 Å². The van der Waals surface area contributed by atoms with Crippen molar-refractivity contribution in [2.24, 2.45) is 0 Å². The number of halogens is 2. The summed E-state index contributed by atoms with van der Waals surface area (Å²) in [5.74, 6) is 0.565. The van der Waals surface area contributed by atoms with E-state index in [4.69, 9.17) is 11.6 Å². The summed E-state index contributed by atoms with van der Waals surface area (Å²) >= 11 is 5.78. The Kier molecular flexibility index (Phi) is 6.45. The molecule has 1 atom stereocenters. The molecule has 1 fully saturated rings. The summed E-state index contributed by atoms with van der Waals surface area (Å²) in [6.07, 6.45) is 4.84. The van der Waals surface area contributed by atoms with Gasteiger partial charge in [-0.1, -0.05) is 72.3 Å². The number of amides is 1. The predicted octanol–water partition coefficient (Wildman–Crippen LogP) is 6.83. The molecular weight excluding hydrogens is 449 g/mol. The number of hydrogen-bond donors (Lipinski definition) is 1. The number of likely N-dealkylation sites (tertiary alicyclic amines) is 1. The van der Waals surface area contributed by atoms with Crippen LogP contribution in [0.2, 0.25) is 5.02 Å². The maximum Gasteiger partial charge on any atom is 0.223 e. The molecule has 0 bridgehead atoms. The minimum atomic E-state index is -0.429. The molecule has 1 amide bonds. The molecule has 0 radical (unpaired) electrons. The van der Waals surface area contributed by atoms with Gasteiger partial charge in [-0.15, -0.1) is 0 Å². The largest absolute Gasteiger partial charge is 0.340 e. The van der Waals surface area contributed by atoms with Gasteiger partial charge in [0, 0.05) is 13.0 Å². The molecule has 5 rings (SSSR count). The average Bonchev–Trinajstić information content (AvgIpc) is 3.55. The smallest absolute Gasteiger partial charge is 0.223 e. The Hall–Kier alpha value is -3.44. The van der Waals surface area contributed by atoms with Crippen molar-refractivity contribution in [2.75, 3.05) is 6.54 Å². The molecule has 1 saturated heterocycles. The second kappa shape index (κ2) is 9.82. The second-order valence-electron chi connectivity index (χ2n) is 8.62. The number of rotatable bonds is 6. The highest BCUT2D eigenvalue weighted by Gasteiger charge is 2.31. The third kappa shape index (κ3) is 4.75. The quantitative estimate of drug-likeness (QED) is 0.333. The van der Waals surface area contributed by atoms with Gasteiger partial charge in [0.15, 0.2) is 0 Å². The highest BCUT2D eigenvalue weighted by Crippen LogP contribution is 2.32. The number of aryl methyl sites for hydroxylation is 1. The third-order valence-electron chi connectivity index (χ3n) is 6.40. The number of benzene rings is 3. The van der Waals surface area contributed by atoms with Crippen LogP contribution in [0.4, 0.5) is 4.39 Å². The van der Waals surface area contributed by atoms with E-state index in [2.05, 4.69) is 9.97 Å². The van der Waals surface area contributed by atoms with Crippen LogP contribution in [0, 0.1) is 5.82 Å². The molecule has 1 N–H and O–H groups in total. The van der Waals surface area contributed by atoms with Crippen LogP contribution in [0.15, 0.2) is 79.0 Å². The van der Waals surface area contributed by atoms with Crippen LogP contribution in [0.25, 0.3) is 22.4 Å². The van der Waals surface area contributed by atoms with Gasteiger partial charge in [-0.25, -0.2) is 9.37 Å². The van der Waals surface area contributed by atoms with E-state index in [-0.39, 0.29) is 17.0 Å². The molecule has 2 heterocycles. The maximum absolute atomic E-state index is 13.8. The molecule has 172 valence electrons. The topological polar surface area (TPSA) is 49.0 Å². The first kappa shape index (κ1) is 22.4. The van der Waals surface area contributed by atoms with Crippen molar-refractivity contribution in [3.05, 3.63) is 101 Å². The van der Waals surface area contributed by atoms with Gasteiger partial charge < -0.3 is 9.88 Å². The van der Waals surface area contributed by atoms with Crippen LogP contribution in [-0.4, -0.2) is 27.3 Å². The first-order chi connectivity index (χ1) is 16.6. The molecule has 0 saturated carbocycles. The SMILES string of the molecule is O=C(CCc1ccc(-c2ccc(Cl)c(F)c2)cc1)N1CCC[C@H]1c1ncc(-c2ccccc2)[nH]1. The first-order valence-electron chi connectivity index (χ1n) is 11.5. The summed E-state index contributed by atoms with van der Waals surface area (Å²) in [5, 5.41) is 0.116. The number of imidazole rings is 1. The molecule has 1 aliphatic heterocycles. The summed E-state index contributed by atoms with van der Waals surface area (Å²) < 4.78 is 13.8. The molecule has 1 aliphatic rings. The first-order valence-corrected chi connectivity index (χ1v) is 11.9. The minimum Gasteiger partial charge on any atom is -0.340 e. The molecule has 6 heteroatoms. The van der Waals surface area contributed by atoms with Gasteiger partial charge in [-0.3, -0.25) is 4.79 Å². The average molecular weight is 474 g/mol. The number of H-pyrrole nitrogens is 1. The van der Waals surface area contributed by atoms with Crippen LogP contribution >= 0.6 is 11.6 Å². The molecule has 3 aromatic carbocycles. The number of aromatic amines is 1. The molecule has 4 nitrogen and oxygen atoms in total. The van der Waals surface area contributed by atoms with Crippen LogP contribution in [0.3, 0.4) is 0 Å². The van der Waals surface area contributed by atoms with E-state index in [1.165, 1.54) is 6.07 Å². The Balaban J connectivity index is 1.22. The van der Waals surface area contributed by atoms with Gasteiger partial charge in [0.2, 0.25) is 5.91 Å². The fourth-order valence-electron chi connectivity index (χ4n) is 4.55. The lowest BCUT2D eigenvalue weighted by atomic mass is 10.0. The van der Waals surface area contributed by atoms with Crippen LogP contribution < -0.4 is 0 Å². The maximum atomic E-state index is 13.8. The van der Waals surface area contributed by atoms with Crippen molar-refractivity contribution in [3.63, 3.8) is 0 Å². The number of hydrogen-bond acceptors (Lipinski definition) is 2. The number of carbonyl (C=O) groups is 1. The third-order valence-corrected chi connectivity index (χ3v) is 6.71. The van der Waals surface area contributed by atoms with Gasteiger partial charge in [0.25, 0.3) is 0 Å². The normalized spacial score (nSPS) is 15.6. The van der Waals surface area contributed by atoms with Crippen molar-refractivity contribution in [1.82, 2.24) is 14.9 Å². The summed E-state index contributed by atoms with van der Waals surface area (Å²) in [6, 6.07) is 22.8. The van der Waals surface area contributed by atoms with E-state index in [1.54, 1.807) is 12.1 Å². The van der Waals surface area contributed by atoms with E-state index < -0.39 is 5.82 Å². The fraction of sp³-hybridized carbons (Fsp3) is 0.214. The molecule has 0 aliphatic carbocycles. The van der Waals surface area contributed by atoms with E-state index >= 15 is 0 Å². The predicted molar refractivity (Wildman–Crippen MR) is 133 cm³/mol. The summed E-state index contributed by atoms with van der Waals surface area (Å²) in [7, 11) is 0. The van der Waals surface area contributed by atoms with Gasteiger partial charge in [0.05, 0.1) is 23.0 Å². The fourth-order valence-corrected chi connectivity index (χ4v) is 4.67. The summed E-state index contributed by atoms with van der Waals surface area (Å²) in [6.45, 7) is 0.756. The van der Waals surface area contributed by atoms with Crippen molar-refractivity contribution in [2.45, 2.75) is 31.7 Å². The molecular formula is C28H25ClFN3O. The minimum absolute atomic E-state index is 0.00728. The second-order valence-corrected chi connectivity index (χ2v) is 9.03. The van der Waals surface area contributed by atoms with Gasteiger partial charge >= 0.3 is 0 Å². The van der Waals surface area contributed by atoms with E-state index in [0.717, 1.165) is 53.2 Å². The van der Waals surface area contributed by atoms with Crippen molar-refractivity contribution in [1.29, 1.82) is 0 Å². The molecule has 4 aromatic rings. The zero-order valence-electron chi connectivity index (χ0n) is 18.7. The standard InChI is InChI=1S/C28H25ClFN3O/c29-23-14-13-22(17-24(23)30)20-11-8-19(9-12-20)10-15-27(34)33-16-4-7-26(33)28-31-18-25(32-28)21-5-2-1-3-6-21/h1-3,5-6,8-9,11-14,17-18,26H,4,7,10,15-16H2,(H,31,32)/t26-/m0/s1. The highest BCUT2D eigenvalue weighted by atomic mass is 35.5. The lowest BCUT2D eigenvalue weighted by Crippen LogP contribution is -2.31. The Labute approximate surface area is 203 Å². The number of carbonyl (C=O) groups excluding carboxylic acids is 1.